The van der Waals surface area contributed by atoms with E-state index >= 15 is 0 Å². The zero-order chi connectivity index (χ0) is 14.4. The molecule has 0 saturated heterocycles. The molecule has 1 aliphatic rings. The number of para-hydroxylation sites is 2. The normalized spacial score (nSPS) is 12.5. The standard InChI is InChI=1S/C15H16N6/c1-3-12-16-18-14-9-15-19-17-13(4-2)21(15)11-8-6-5-7-10(11)20(12)14/h5-8H,3-4,9H2,1-2H3. The maximum absolute atomic E-state index is 4.35. The average molecular weight is 280 g/mol. The average Bonchev–Trinajstić information content (AvgIpc) is 3.08. The molecule has 0 spiro atoms. The lowest BCUT2D eigenvalue weighted by atomic mass is 10.2. The summed E-state index contributed by atoms with van der Waals surface area (Å²) in [6.45, 7) is 4.20. The second-order valence-corrected chi connectivity index (χ2v) is 5.11. The van der Waals surface area contributed by atoms with Gasteiger partial charge in [-0.1, -0.05) is 26.0 Å². The molecule has 0 atom stereocenters. The van der Waals surface area contributed by atoms with Gasteiger partial charge in [0.25, 0.3) is 0 Å². The van der Waals surface area contributed by atoms with Gasteiger partial charge in [-0.15, -0.1) is 20.4 Å². The summed E-state index contributed by atoms with van der Waals surface area (Å²) < 4.78 is 4.31. The van der Waals surface area contributed by atoms with Crippen LogP contribution < -0.4 is 0 Å². The summed E-state index contributed by atoms with van der Waals surface area (Å²) in [6.07, 6.45) is 2.35. The van der Waals surface area contributed by atoms with E-state index < -0.39 is 0 Å². The van der Waals surface area contributed by atoms with Crippen LogP contribution in [-0.2, 0) is 19.3 Å². The molecule has 106 valence electrons. The molecule has 0 aliphatic carbocycles. The number of benzene rings is 1. The van der Waals surface area contributed by atoms with Gasteiger partial charge in [0.05, 0.1) is 17.8 Å². The molecule has 3 heterocycles. The Kier molecular flexibility index (Phi) is 2.63. The first-order chi connectivity index (χ1) is 10.3. The minimum Gasteiger partial charge on any atom is -0.280 e. The SMILES string of the molecule is CCc1nnc2n1-c1ccccc1-n1c(CC)nnc1C2. The van der Waals surface area contributed by atoms with Crippen LogP contribution in [-0.4, -0.2) is 29.5 Å². The van der Waals surface area contributed by atoms with Gasteiger partial charge in [0.15, 0.2) is 0 Å². The van der Waals surface area contributed by atoms with E-state index in [9.17, 15) is 0 Å². The van der Waals surface area contributed by atoms with E-state index in [1.807, 2.05) is 12.1 Å². The molecular formula is C15H16N6. The number of hydrogen-bond acceptors (Lipinski definition) is 4. The fraction of sp³-hybridized carbons (Fsp3) is 0.333. The summed E-state index contributed by atoms with van der Waals surface area (Å²) >= 11 is 0. The second kappa shape index (κ2) is 4.51. The molecular weight excluding hydrogens is 264 g/mol. The van der Waals surface area contributed by atoms with Gasteiger partial charge >= 0.3 is 0 Å². The summed E-state index contributed by atoms with van der Waals surface area (Å²) in [5.41, 5.74) is 2.20. The van der Waals surface area contributed by atoms with Crippen LogP contribution in [0.15, 0.2) is 24.3 Å². The Balaban J connectivity index is 2.08. The molecule has 0 fully saturated rings. The Morgan fingerprint density at radius 3 is 1.71 bits per heavy atom. The molecule has 0 saturated carbocycles. The fourth-order valence-electron chi connectivity index (χ4n) is 2.93. The first kappa shape index (κ1) is 12.3. The van der Waals surface area contributed by atoms with Gasteiger partial charge in [-0.2, -0.15) is 0 Å². The van der Waals surface area contributed by atoms with Crippen molar-refractivity contribution in [1.82, 2.24) is 29.5 Å². The Labute approximate surface area is 122 Å². The van der Waals surface area contributed by atoms with Crippen molar-refractivity contribution in [1.29, 1.82) is 0 Å². The maximum atomic E-state index is 4.35. The minimum atomic E-state index is 0.648. The lowest BCUT2D eigenvalue weighted by Crippen LogP contribution is -2.07. The molecule has 1 aromatic carbocycles. The monoisotopic (exact) mass is 280 g/mol. The van der Waals surface area contributed by atoms with Crippen molar-refractivity contribution in [3.63, 3.8) is 0 Å². The number of nitrogens with zero attached hydrogens (tertiary/aromatic N) is 6. The lowest BCUT2D eigenvalue weighted by Gasteiger charge is -2.13. The number of aromatic nitrogens is 6. The van der Waals surface area contributed by atoms with Gasteiger partial charge < -0.3 is 0 Å². The van der Waals surface area contributed by atoms with Crippen LogP contribution in [0, 0.1) is 0 Å². The quantitative estimate of drug-likeness (QED) is 0.562. The molecule has 6 heteroatoms. The highest BCUT2D eigenvalue weighted by molar-refractivity contribution is 5.56. The number of aryl methyl sites for hydroxylation is 2. The Hall–Kier alpha value is -2.50. The topological polar surface area (TPSA) is 61.4 Å². The highest BCUT2D eigenvalue weighted by atomic mass is 15.3. The molecule has 4 rings (SSSR count). The van der Waals surface area contributed by atoms with Crippen molar-refractivity contribution >= 4 is 0 Å². The van der Waals surface area contributed by atoms with E-state index in [1.165, 1.54) is 0 Å². The van der Waals surface area contributed by atoms with Crippen molar-refractivity contribution < 1.29 is 0 Å². The first-order valence-electron chi connectivity index (χ1n) is 7.29. The highest BCUT2D eigenvalue weighted by Crippen LogP contribution is 2.28. The molecule has 0 radical (unpaired) electrons. The van der Waals surface area contributed by atoms with E-state index in [4.69, 9.17) is 0 Å². The van der Waals surface area contributed by atoms with Crippen molar-refractivity contribution in [3.05, 3.63) is 47.6 Å². The minimum absolute atomic E-state index is 0.648. The molecule has 2 aromatic heterocycles. The summed E-state index contributed by atoms with van der Waals surface area (Å²) in [4.78, 5) is 0. The smallest absolute Gasteiger partial charge is 0.145 e. The van der Waals surface area contributed by atoms with Crippen LogP contribution in [0.25, 0.3) is 11.4 Å². The van der Waals surface area contributed by atoms with Crippen molar-refractivity contribution in [3.8, 4) is 11.4 Å². The van der Waals surface area contributed by atoms with Crippen LogP contribution in [0.2, 0.25) is 0 Å². The van der Waals surface area contributed by atoms with E-state index in [-0.39, 0.29) is 0 Å². The number of fused-ring (bicyclic) bond motifs is 5. The van der Waals surface area contributed by atoms with E-state index in [0.29, 0.717) is 6.42 Å². The van der Waals surface area contributed by atoms with E-state index in [1.54, 1.807) is 0 Å². The lowest BCUT2D eigenvalue weighted by molar-refractivity contribution is 0.842. The predicted octanol–water partition coefficient (Wildman–Crippen LogP) is 1.88. The Morgan fingerprint density at radius 1 is 0.810 bits per heavy atom. The summed E-state index contributed by atoms with van der Waals surface area (Å²) in [6, 6.07) is 8.30. The summed E-state index contributed by atoms with van der Waals surface area (Å²) in [5.74, 6) is 3.81. The molecule has 6 nitrogen and oxygen atoms in total. The molecule has 3 aromatic rings. The van der Waals surface area contributed by atoms with Crippen LogP contribution in [0.3, 0.4) is 0 Å². The first-order valence-corrected chi connectivity index (χ1v) is 7.29. The van der Waals surface area contributed by atoms with Crippen LogP contribution in [0.1, 0.15) is 37.1 Å². The van der Waals surface area contributed by atoms with Crippen LogP contribution >= 0.6 is 0 Å². The predicted molar refractivity (Wildman–Crippen MR) is 77.8 cm³/mol. The third kappa shape index (κ3) is 1.65. The molecule has 0 unspecified atom stereocenters. The van der Waals surface area contributed by atoms with Gasteiger partial charge in [0.1, 0.15) is 23.3 Å². The van der Waals surface area contributed by atoms with Gasteiger partial charge in [-0.05, 0) is 12.1 Å². The van der Waals surface area contributed by atoms with Gasteiger partial charge in [-0.3, -0.25) is 9.13 Å². The second-order valence-electron chi connectivity index (χ2n) is 5.11. The van der Waals surface area contributed by atoms with Crippen LogP contribution in [0.4, 0.5) is 0 Å². The largest absolute Gasteiger partial charge is 0.280 e. The van der Waals surface area contributed by atoms with E-state index in [2.05, 4.69) is 55.5 Å². The molecule has 21 heavy (non-hydrogen) atoms. The fourth-order valence-corrected chi connectivity index (χ4v) is 2.93. The zero-order valence-corrected chi connectivity index (χ0v) is 12.1. The van der Waals surface area contributed by atoms with Gasteiger partial charge in [0.2, 0.25) is 0 Å². The third-order valence-corrected chi connectivity index (χ3v) is 3.91. The maximum Gasteiger partial charge on any atom is 0.145 e. The van der Waals surface area contributed by atoms with E-state index in [0.717, 1.165) is 47.5 Å². The Morgan fingerprint density at radius 2 is 1.29 bits per heavy atom. The highest BCUT2D eigenvalue weighted by Gasteiger charge is 2.25. The Bertz CT molecular complexity index is 746. The van der Waals surface area contributed by atoms with Crippen molar-refractivity contribution in [2.75, 3.05) is 0 Å². The summed E-state index contributed by atoms with van der Waals surface area (Å²) in [7, 11) is 0. The zero-order valence-electron chi connectivity index (χ0n) is 12.1. The third-order valence-electron chi connectivity index (χ3n) is 3.91. The van der Waals surface area contributed by atoms with Gasteiger partial charge in [-0.25, -0.2) is 0 Å². The van der Waals surface area contributed by atoms with Crippen LogP contribution in [0.5, 0.6) is 0 Å². The molecule has 0 N–H and O–H groups in total. The number of rotatable bonds is 2. The molecule has 1 aliphatic heterocycles. The molecule has 0 bridgehead atoms. The summed E-state index contributed by atoms with van der Waals surface area (Å²) in [5, 5.41) is 17.3. The van der Waals surface area contributed by atoms with Crippen molar-refractivity contribution in [2.45, 2.75) is 33.1 Å². The van der Waals surface area contributed by atoms with Crippen molar-refractivity contribution in [2.24, 2.45) is 0 Å². The molecule has 0 amide bonds. The number of hydrogen-bond donors (Lipinski definition) is 0. The van der Waals surface area contributed by atoms with Gasteiger partial charge in [0, 0.05) is 12.8 Å².